The maximum absolute atomic E-state index is 13.1. The Balaban J connectivity index is 1.74. The van der Waals surface area contributed by atoms with Crippen molar-refractivity contribution in [2.45, 2.75) is 45.2 Å². The van der Waals surface area contributed by atoms with Crippen molar-refractivity contribution in [2.75, 3.05) is 11.9 Å². The second-order valence-electron chi connectivity index (χ2n) is 7.99. The number of nitrogens with one attached hydrogen (secondary N) is 3. The van der Waals surface area contributed by atoms with Crippen LogP contribution in [-0.2, 0) is 0 Å². The van der Waals surface area contributed by atoms with Crippen molar-refractivity contribution in [1.29, 1.82) is 0 Å². The number of pyridine rings is 1. The number of aromatic nitrogens is 3. The second kappa shape index (κ2) is 8.21. The summed E-state index contributed by atoms with van der Waals surface area (Å²) < 4.78 is 0. The van der Waals surface area contributed by atoms with E-state index < -0.39 is 0 Å². The molecule has 1 atom stereocenters. The summed E-state index contributed by atoms with van der Waals surface area (Å²) in [5.74, 6) is 0.315. The zero-order valence-electron chi connectivity index (χ0n) is 16.8. The molecule has 1 aliphatic rings. The normalized spacial score (nSPS) is 14.9. The van der Waals surface area contributed by atoms with E-state index in [9.17, 15) is 9.90 Å². The van der Waals surface area contributed by atoms with Crippen molar-refractivity contribution < 1.29 is 9.90 Å². The first kappa shape index (κ1) is 19.4. The quantitative estimate of drug-likeness (QED) is 0.470. The van der Waals surface area contributed by atoms with Gasteiger partial charge in [-0.3, -0.25) is 14.9 Å². The Kier molecular flexibility index (Phi) is 5.49. The number of carbonyl (C=O) groups excluding carboxylic acids is 1. The SMILES string of the molecule is CC(C)Nc1c(C(=O)NC(CCO)C2CC2)cnc2ccc(-c3cn[nH]c3)cc12. The van der Waals surface area contributed by atoms with Crippen molar-refractivity contribution >= 4 is 22.5 Å². The van der Waals surface area contributed by atoms with Crippen LogP contribution in [0, 0.1) is 5.92 Å². The first-order chi connectivity index (χ1) is 14.1. The summed E-state index contributed by atoms with van der Waals surface area (Å²) in [5.41, 5.74) is 4.12. The lowest BCUT2D eigenvalue weighted by atomic mass is 10.0. The number of benzene rings is 1. The van der Waals surface area contributed by atoms with Gasteiger partial charge in [0.1, 0.15) is 0 Å². The number of H-pyrrole nitrogens is 1. The summed E-state index contributed by atoms with van der Waals surface area (Å²) in [6, 6.07) is 6.17. The van der Waals surface area contributed by atoms with Crippen LogP contribution in [0.3, 0.4) is 0 Å². The molecule has 7 nitrogen and oxygen atoms in total. The molecular formula is C22H27N5O2. The summed E-state index contributed by atoms with van der Waals surface area (Å²) >= 11 is 0. The van der Waals surface area contributed by atoms with E-state index in [0.29, 0.717) is 17.9 Å². The predicted octanol–water partition coefficient (Wildman–Crippen LogP) is 3.34. The maximum atomic E-state index is 13.1. The van der Waals surface area contributed by atoms with Crippen molar-refractivity contribution in [3.63, 3.8) is 0 Å². The molecule has 152 valence electrons. The number of hydrogen-bond donors (Lipinski definition) is 4. The molecule has 2 heterocycles. The summed E-state index contributed by atoms with van der Waals surface area (Å²) in [6.45, 7) is 4.17. The number of carbonyl (C=O) groups is 1. The van der Waals surface area contributed by atoms with Gasteiger partial charge in [0.05, 0.1) is 23.0 Å². The number of aliphatic hydroxyl groups is 1. The molecule has 0 spiro atoms. The third kappa shape index (κ3) is 4.24. The van der Waals surface area contributed by atoms with E-state index in [0.717, 1.165) is 40.6 Å². The van der Waals surface area contributed by atoms with Gasteiger partial charge in [-0.15, -0.1) is 0 Å². The van der Waals surface area contributed by atoms with E-state index in [2.05, 4.69) is 25.8 Å². The maximum Gasteiger partial charge on any atom is 0.255 e. The Morgan fingerprint density at radius 3 is 2.76 bits per heavy atom. The Morgan fingerprint density at radius 1 is 1.28 bits per heavy atom. The zero-order chi connectivity index (χ0) is 20.4. The molecule has 1 amide bonds. The lowest BCUT2D eigenvalue weighted by Crippen LogP contribution is -2.37. The average molecular weight is 393 g/mol. The van der Waals surface area contributed by atoms with Crippen LogP contribution in [0.25, 0.3) is 22.0 Å². The fraction of sp³-hybridized carbons (Fsp3) is 0.409. The van der Waals surface area contributed by atoms with Crippen LogP contribution in [-0.4, -0.2) is 44.9 Å². The molecule has 4 rings (SSSR count). The van der Waals surface area contributed by atoms with Crippen molar-refractivity contribution in [1.82, 2.24) is 20.5 Å². The smallest absolute Gasteiger partial charge is 0.255 e. The Morgan fingerprint density at radius 2 is 2.10 bits per heavy atom. The molecule has 0 radical (unpaired) electrons. The molecular weight excluding hydrogens is 366 g/mol. The first-order valence-corrected chi connectivity index (χ1v) is 10.2. The number of amides is 1. The van der Waals surface area contributed by atoms with Gasteiger partial charge in [0.2, 0.25) is 0 Å². The Labute approximate surface area is 169 Å². The Bertz CT molecular complexity index is 996. The van der Waals surface area contributed by atoms with Crippen molar-refractivity contribution in [2.24, 2.45) is 5.92 Å². The van der Waals surface area contributed by atoms with Gasteiger partial charge in [-0.2, -0.15) is 5.10 Å². The summed E-state index contributed by atoms with van der Waals surface area (Å²) in [6.07, 6.45) is 8.04. The molecule has 4 N–H and O–H groups in total. The highest BCUT2D eigenvalue weighted by atomic mass is 16.3. The molecule has 7 heteroatoms. The van der Waals surface area contributed by atoms with Gasteiger partial charge in [0.25, 0.3) is 5.91 Å². The van der Waals surface area contributed by atoms with Gasteiger partial charge in [0, 0.05) is 42.0 Å². The topological polar surface area (TPSA) is 103 Å². The molecule has 0 bridgehead atoms. The fourth-order valence-electron chi connectivity index (χ4n) is 3.71. The van der Waals surface area contributed by atoms with Gasteiger partial charge in [0.15, 0.2) is 0 Å². The van der Waals surface area contributed by atoms with E-state index in [-0.39, 0.29) is 24.6 Å². The molecule has 1 fully saturated rings. The molecule has 1 saturated carbocycles. The van der Waals surface area contributed by atoms with Gasteiger partial charge in [-0.05, 0) is 56.7 Å². The van der Waals surface area contributed by atoms with Gasteiger partial charge < -0.3 is 15.7 Å². The second-order valence-corrected chi connectivity index (χ2v) is 7.99. The number of fused-ring (bicyclic) bond motifs is 1. The predicted molar refractivity (Wildman–Crippen MR) is 114 cm³/mol. The molecule has 1 unspecified atom stereocenters. The van der Waals surface area contributed by atoms with Gasteiger partial charge in [-0.25, -0.2) is 0 Å². The number of anilines is 1. The van der Waals surface area contributed by atoms with Crippen LogP contribution >= 0.6 is 0 Å². The number of rotatable bonds is 8. The average Bonchev–Trinajstić information content (AvgIpc) is 3.41. The number of aliphatic hydroxyl groups excluding tert-OH is 1. The molecule has 0 aliphatic heterocycles. The molecule has 3 aromatic rings. The number of nitrogens with zero attached hydrogens (tertiary/aromatic N) is 2. The van der Waals surface area contributed by atoms with E-state index in [4.69, 9.17) is 0 Å². The lowest BCUT2D eigenvalue weighted by Gasteiger charge is -2.21. The highest BCUT2D eigenvalue weighted by Crippen LogP contribution is 2.35. The summed E-state index contributed by atoms with van der Waals surface area (Å²) in [4.78, 5) is 17.7. The van der Waals surface area contributed by atoms with Crippen LogP contribution in [0.5, 0.6) is 0 Å². The van der Waals surface area contributed by atoms with Crippen LogP contribution in [0.15, 0.2) is 36.8 Å². The largest absolute Gasteiger partial charge is 0.396 e. The Hall–Kier alpha value is -2.93. The third-order valence-corrected chi connectivity index (χ3v) is 5.32. The van der Waals surface area contributed by atoms with E-state index in [1.807, 2.05) is 38.2 Å². The summed E-state index contributed by atoms with van der Waals surface area (Å²) in [5, 5.41) is 23.7. The number of hydrogen-bond acceptors (Lipinski definition) is 5. The van der Waals surface area contributed by atoms with E-state index in [1.54, 1.807) is 12.4 Å². The molecule has 1 aromatic carbocycles. The van der Waals surface area contributed by atoms with Crippen LogP contribution in [0.2, 0.25) is 0 Å². The highest BCUT2D eigenvalue weighted by molar-refractivity contribution is 6.08. The lowest BCUT2D eigenvalue weighted by molar-refractivity contribution is 0.0925. The monoisotopic (exact) mass is 393 g/mol. The van der Waals surface area contributed by atoms with E-state index in [1.165, 1.54) is 0 Å². The minimum Gasteiger partial charge on any atom is -0.396 e. The molecule has 0 saturated heterocycles. The number of aromatic amines is 1. The van der Waals surface area contributed by atoms with Gasteiger partial charge in [-0.1, -0.05) is 6.07 Å². The molecule has 2 aromatic heterocycles. The minimum absolute atomic E-state index is 0.00682. The minimum atomic E-state index is -0.151. The van der Waals surface area contributed by atoms with Crippen LogP contribution in [0.4, 0.5) is 5.69 Å². The fourth-order valence-corrected chi connectivity index (χ4v) is 3.71. The molecule has 29 heavy (non-hydrogen) atoms. The van der Waals surface area contributed by atoms with E-state index >= 15 is 0 Å². The van der Waals surface area contributed by atoms with Crippen molar-refractivity contribution in [3.05, 3.63) is 42.4 Å². The third-order valence-electron chi connectivity index (χ3n) is 5.32. The van der Waals surface area contributed by atoms with Crippen LogP contribution < -0.4 is 10.6 Å². The first-order valence-electron chi connectivity index (χ1n) is 10.2. The van der Waals surface area contributed by atoms with Gasteiger partial charge >= 0.3 is 0 Å². The van der Waals surface area contributed by atoms with Crippen LogP contribution in [0.1, 0.15) is 43.5 Å². The highest BCUT2D eigenvalue weighted by Gasteiger charge is 2.32. The summed E-state index contributed by atoms with van der Waals surface area (Å²) in [7, 11) is 0. The zero-order valence-corrected chi connectivity index (χ0v) is 16.8. The van der Waals surface area contributed by atoms with Crippen molar-refractivity contribution in [3.8, 4) is 11.1 Å². The molecule has 1 aliphatic carbocycles. The standard InChI is InChI=1S/C22H27N5O2/c1-13(2)26-21-17-9-15(16-10-24-25-11-16)5-6-20(17)23-12-18(21)22(29)27-19(7-8-28)14-3-4-14/h5-6,9-14,19,28H,3-4,7-8H2,1-2H3,(H,23,26)(H,24,25)(H,27,29).